The molecule has 1 amide bonds. The molecular weight excluding hydrogens is 438 g/mol. The summed E-state index contributed by atoms with van der Waals surface area (Å²) >= 11 is 2.53. The molecule has 0 saturated carbocycles. The lowest BCUT2D eigenvalue weighted by Gasteiger charge is -2.14. The molecule has 0 aliphatic carbocycles. The van der Waals surface area contributed by atoms with E-state index in [1.807, 2.05) is 25.1 Å². The predicted molar refractivity (Wildman–Crippen MR) is 121 cm³/mol. The van der Waals surface area contributed by atoms with Gasteiger partial charge in [-0.1, -0.05) is 0 Å². The molecule has 0 unspecified atom stereocenters. The number of rotatable bonds is 8. The van der Waals surface area contributed by atoms with Crippen LogP contribution in [0, 0.1) is 6.92 Å². The summed E-state index contributed by atoms with van der Waals surface area (Å²) in [5.41, 5.74) is 1.12. The van der Waals surface area contributed by atoms with E-state index < -0.39 is 5.97 Å². The highest BCUT2D eigenvalue weighted by Gasteiger charge is 2.23. The number of nitrogens with zero attached hydrogens (tertiary/aromatic N) is 2. The van der Waals surface area contributed by atoms with Crippen molar-refractivity contribution in [3.05, 3.63) is 44.6 Å². The number of carbonyl (C=O) groups excluding carboxylic acids is 3. The molecule has 0 radical (unpaired) electrons. The molecule has 10 heteroatoms. The van der Waals surface area contributed by atoms with Crippen molar-refractivity contribution in [1.29, 1.82) is 0 Å². The summed E-state index contributed by atoms with van der Waals surface area (Å²) in [6, 6.07) is 7.24. The largest absolute Gasteiger partial charge is 0.465 e. The summed E-state index contributed by atoms with van der Waals surface area (Å²) in [4.78, 5) is 45.5. The number of fused-ring (bicyclic) bond motifs is 1. The van der Waals surface area contributed by atoms with Crippen LogP contribution in [0.25, 0.3) is 10.2 Å². The number of nitrogens with one attached hydrogen (secondary N) is 1. The van der Waals surface area contributed by atoms with E-state index >= 15 is 0 Å². The van der Waals surface area contributed by atoms with Crippen molar-refractivity contribution in [3.63, 3.8) is 0 Å². The van der Waals surface area contributed by atoms with Crippen molar-refractivity contribution in [2.45, 2.75) is 20.4 Å². The molecule has 0 aliphatic rings. The van der Waals surface area contributed by atoms with Crippen LogP contribution in [0.1, 0.15) is 36.8 Å². The summed E-state index contributed by atoms with van der Waals surface area (Å²) in [7, 11) is 3.09. The zero-order chi connectivity index (χ0) is 22.5. The third-order valence-corrected chi connectivity index (χ3v) is 6.40. The molecule has 3 aromatic rings. The van der Waals surface area contributed by atoms with Gasteiger partial charge >= 0.3 is 11.9 Å². The average molecular weight is 462 g/mol. The maximum absolute atomic E-state index is 12.7. The third-order valence-electron chi connectivity index (χ3n) is 4.32. The lowest BCUT2D eigenvalue weighted by atomic mass is 10.2. The molecule has 0 fully saturated rings. The molecule has 0 atom stereocenters. The first-order chi connectivity index (χ1) is 14.8. The smallest absolute Gasteiger partial charge is 0.350 e. The fraction of sp³-hybridized carbons (Fsp3) is 0.333. The number of amides is 1. The number of hydrogen-bond donors (Lipinski definition) is 1. The van der Waals surface area contributed by atoms with Crippen LogP contribution < -0.4 is 5.32 Å². The lowest BCUT2D eigenvalue weighted by molar-refractivity contribution is -0.144. The van der Waals surface area contributed by atoms with Gasteiger partial charge in [-0.3, -0.25) is 14.5 Å². The van der Waals surface area contributed by atoms with Gasteiger partial charge in [0.15, 0.2) is 0 Å². The Bertz CT molecular complexity index is 1120. The summed E-state index contributed by atoms with van der Waals surface area (Å²) in [5.74, 6) is -1.13. The molecule has 8 nitrogen and oxygen atoms in total. The Morgan fingerprint density at radius 1 is 1.16 bits per heavy atom. The van der Waals surface area contributed by atoms with E-state index in [9.17, 15) is 14.4 Å². The van der Waals surface area contributed by atoms with Crippen LogP contribution in [0.15, 0.2) is 24.3 Å². The van der Waals surface area contributed by atoms with Gasteiger partial charge in [-0.25, -0.2) is 9.78 Å². The van der Waals surface area contributed by atoms with Gasteiger partial charge in [-0.2, -0.15) is 0 Å². The van der Waals surface area contributed by atoms with Gasteiger partial charge in [0.25, 0.3) is 5.91 Å². The molecule has 3 aromatic heterocycles. The minimum Gasteiger partial charge on any atom is -0.465 e. The molecular formula is C21H23N3O5S2. The van der Waals surface area contributed by atoms with E-state index in [2.05, 4.69) is 10.3 Å². The van der Waals surface area contributed by atoms with Crippen molar-refractivity contribution < 1.29 is 23.9 Å². The second-order valence-corrected chi connectivity index (χ2v) is 9.08. The molecule has 164 valence electrons. The maximum Gasteiger partial charge on any atom is 0.350 e. The summed E-state index contributed by atoms with van der Waals surface area (Å²) in [6.07, 6.45) is 0. The lowest BCUT2D eigenvalue weighted by Crippen LogP contribution is -2.27. The second-order valence-electron chi connectivity index (χ2n) is 6.79. The fourth-order valence-corrected chi connectivity index (χ4v) is 4.79. The molecule has 3 rings (SSSR count). The standard InChI is InChI=1S/C21H23N3O5S2/c1-5-29-16(25)11-24(3)10-13-7-8-14-17(18(21(27)28-4)31-20(14)22-13)23-19(26)15-9-6-12(2)30-15/h6-9H,5,10-11H2,1-4H3,(H,23,26). The first kappa shape index (κ1) is 22.9. The van der Waals surface area contributed by atoms with Crippen LogP contribution >= 0.6 is 22.7 Å². The van der Waals surface area contributed by atoms with Gasteiger partial charge in [-0.15, -0.1) is 22.7 Å². The molecule has 0 bridgehead atoms. The topological polar surface area (TPSA) is 97.8 Å². The molecule has 0 saturated heterocycles. The SMILES string of the molecule is CCOC(=O)CN(C)Cc1ccc2c(NC(=O)c3ccc(C)s3)c(C(=O)OC)sc2n1. The van der Waals surface area contributed by atoms with Crippen LogP contribution in [0.5, 0.6) is 0 Å². The van der Waals surface area contributed by atoms with Gasteiger partial charge in [0, 0.05) is 16.8 Å². The summed E-state index contributed by atoms with van der Waals surface area (Å²) in [6.45, 7) is 4.59. The zero-order valence-electron chi connectivity index (χ0n) is 17.7. The highest BCUT2D eigenvalue weighted by Crippen LogP contribution is 2.36. The average Bonchev–Trinajstić information content (AvgIpc) is 3.31. The van der Waals surface area contributed by atoms with Gasteiger partial charge in [0.1, 0.15) is 9.71 Å². The fourth-order valence-electron chi connectivity index (χ4n) is 2.96. The Labute approximate surface area is 187 Å². The van der Waals surface area contributed by atoms with Gasteiger partial charge < -0.3 is 14.8 Å². The monoisotopic (exact) mass is 461 g/mol. The molecule has 31 heavy (non-hydrogen) atoms. The molecule has 0 aliphatic heterocycles. The minimum absolute atomic E-state index is 0.146. The highest BCUT2D eigenvalue weighted by atomic mass is 32.1. The second kappa shape index (κ2) is 9.99. The Balaban J connectivity index is 1.88. The first-order valence-electron chi connectivity index (χ1n) is 9.55. The number of aromatic nitrogens is 1. The van der Waals surface area contributed by atoms with E-state index in [1.54, 1.807) is 24.9 Å². The quantitative estimate of drug-likeness (QED) is 0.511. The van der Waals surface area contributed by atoms with Crippen molar-refractivity contribution >= 4 is 56.4 Å². The van der Waals surface area contributed by atoms with E-state index in [0.29, 0.717) is 33.9 Å². The van der Waals surface area contributed by atoms with Gasteiger partial charge in [0.2, 0.25) is 0 Å². The first-order valence-corrected chi connectivity index (χ1v) is 11.2. The Hall–Kier alpha value is -2.82. The normalized spacial score (nSPS) is 11.0. The number of thiophene rings is 2. The number of hydrogen-bond acceptors (Lipinski definition) is 9. The molecule has 1 N–H and O–H groups in total. The summed E-state index contributed by atoms with van der Waals surface area (Å²) < 4.78 is 9.86. The van der Waals surface area contributed by atoms with E-state index in [-0.39, 0.29) is 23.3 Å². The van der Waals surface area contributed by atoms with E-state index in [4.69, 9.17) is 9.47 Å². The zero-order valence-corrected chi connectivity index (χ0v) is 19.3. The number of pyridine rings is 1. The van der Waals surface area contributed by atoms with Gasteiger partial charge in [0.05, 0.1) is 36.5 Å². The number of carbonyl (C=O) groups is 3. The minimum atomic E-state index is -0.540. The van der Waals surface area contributed by atoms with E-state index in [0.717, 1.165) is 21.9 Å². The number of esters is 2. The number of likely N-dealkylation sites (N-methyl/N-ethyl adjacent to an activating group) is 1. The molecule has 3 heterocycles. The van der Waals surface area contributed by atoms with Crippen LogP contribution in [-0.4, -0.2) is 55.0 Å². The number of aryl methyl sites for hydroxylation is 1. The van der Waals surface area contributed by atoms with Crippen molar-refractivity contribution in [1.82, 2.24) is 9.88 Å². The molecule has 0 spiro atoms. The predicted octanol–water partition coefficient (Wildman–Crippen LogP) is 3.70. The maximum atomic E-state index is 12.7. The summed E-state index contributed by atoms with van der Waals surface area (Å²) in [5, 5.41) is 3.50. The van der Waals surface area contributed by atoms with Crippen LogP contribution in [0.3, 0.4) is 0 Å². The van der Waals surface area contributed by atoms with Crippen molar-refractivity contribution in [2.75, 3.05) is 32.6 Å². The van der Waals surface area contributed by atoms with Crippen molar-refractivity contribution in [2.24, 2.45) is 0 Å². The van der Waals surface area contributed by atoms with Crippen LogP contribution in [0.2, 0.25) is 0 Å². The number of methoxy groups -OCH3 is 1. The Kier molecular flexibility index (Phi) is 7.37. The Morgan fingerprint density at radius 3 is 2.58 bits per heavy atom. The van der Waals surface area contributed by atoms with Crippen LogP contribution in [0.4, 0.5) is 5.69 Å². The van der Waals surface area contributed by atoms with Gasteiger partial charge in [-0.05, 0) is 45.2 Å². The van der Waals surface area contributed by atoms with Crippen LogP contribution in [-0.2, 0) is 20.8 Å². The Morgan fingerprint density at radius 2 is 1.94 bits per heavy atom. The highest BCUT2D eigenvalue weighted by molar-refractivity contribution is 7.21. The molecule has 0 aromatic carbocycles. The van der Waals surface area contributed by atoms with Crippen molar-refractivity contribution in [3.8, 4) is 0 Å². The third kappa shape index (κ3) is 5.46. The number of ether oxygens (including phenoxy) is 2. The van der Waals surface area contributed by atoms with E-state index in [1.165, 1.54) is 18.4 Å². The number of anilines is 1.